The Morgan fingerprint density at radius 2 is 2.11 bits per heavy atom. The first-order valence-corrected chi connectivity index (χ1v) is 9.94. The normalized spacial score (nSPS) is 12.0. The molecule has 0 aliphatic heterocycles. The van der Waals surface area contributed by atoms with Crippen LogP contribution in [0.15, 0.2) is 46.3 Å². The molecular weight excluding hydrogens is 386 g/mol. The van der Waals surface area contributed by atoms with E-state index in [1.807, 2.05) is 43.5 Å². The highest BCUT2D eigenvalue weighted by molar-refractivity contribution is 7.13. The first kappa shape index (κ1) is 19.4. The minimum Gasteiger partial charge on any atom is -0.479 e. The van der Waals surface area contributed by atoms with Crippen LogP contribution in [0.25, 0.3) is 10.7 Å². The molecule has 3 aromatic rings. The average molecular weight is 406 g/mol. The lowest BCUT2D eigenvalue weighted by molar-refractivity contribution is -0.139. The van der Waals surface area contributed by atoms with Crippen molar-refractivity contribution in [2.24, 2.45) is 0 Å². The van der Waals surface area contributed by atoms with E-state index in [2.05, 4.69) is 10.1 Å². The molecule has 0 bridgehead atoms. The van der Waals surface area contributed by atoms with Gasteiger partial charge in [0.1, 0.15) is 12.3 Å². The highest BCUT2D eigenvalue weighted by atomic mass is 35.5. The Labute approximate surface area is 166 Å². The molecular formula is C19H20ClN3O3S. The van der Waals surface area contributed by atoms with E-state index in [1.165, 1.54) is 11.3 Å². The molecule has 0 saturated heterocycles. The van der Waals surface area contributed by atoms with Gasteiger partial charge in [-0.2, -0.15) is 4.98 Å². The van der Waals surface area contributed by atoms with Crippen molar-refractivity contribution < 1.29 is 14.1 Å². The fraction of sp³-hybridized carbons (Fsp3) is 0.316. The van der Waals surface area contributed by atoms with Gasteiger partial charge in [-0.1, -0.05) is 41.9 Å². The maximum absolute atomic E-state index is 12.9. The van der Waals surface area contributed by atoms with E-state index in [0.29, 0.717) is 35.5 Å². The maximum Gasteiger partial charge on any atom is 0.264 e. The van der Waals surface area contributed by atoms with Crippen LogP contribution in [0.4, 0.5) is 0 Å². The van der Waals surface area contributed by atoms with Crippen molar-refractivity contribution in [1.29, 1.82) is 0 Å². The van der Waals surface area contributed by atoms with E-state index in [4.69, 9.17) is 20.9 Å². The van der Waals surface area contributed by atoms with Crippen molar-refractivity contribution in [3.8, 4) is 16.5 Å². The second-order valence-electron chi connectivity index (χ2n) is 5.79. The molecule has 0 aliphatic carbocycles. The van der Waals surface area contributed by atoms with Gasteiger partial charge in [0.15, 0.2) is 6.10 Å². The van der Waals surface area contributed by atoms with E-state index in [9.17, 15) is 4.79 Å². The summed E-state index contributed by atoms with van der Waals surface area (Å²) in [6, 6.07) is 11.0. The number of carbonyl (C=O) groups excluding carboxylic acids is 1. The summed E-state index contributed by atoms with van der Waals surface area (Å²) in [5.41, 5.74) is 0. The van der Waals surface area contributed by atoms with Crippen molar-refractivity contribution in [3.63, 3.8) is 0 Å². The summed E-state index contributed by atoms with van der Waals surface area (Å²) in [5, 5.41) is 6.41. The lowest BCUT2D eigenvalue weighted by Gasteiger charge is -2.25. The van der Waals surface area contributed by atoms with E-state index in [1.54, 1.807) is 17.0 Å². The average Bonchev–Trinajstić information content (AvgIpc) is 3.36. The Bertz CT molecular complexity index is 882. The Hall–Kier alpha value is -2.38. The Kier molecular flexibility index (Phi) is 6.47. The summed E-state index contributed by atoms with van der Waals surface area (Å²) < 4.78 is 11.2. The summed E-state index contributed by atoms with van der Waals surface area (Å²) in [6.45, 7) is 4.53. The topological polar surface area (TPSA) is 68.5 Å². The second kappa shape index (κ2) is 9.01. The minimum absolute atomic E-state index is 0.143. The van der Waals surface area contributed by atoms with Crippen LogP contribution in [0.3, 0.4) is 0 Å². The Morgan fingerprint density at radius 1 is 1.30 bits per heavy atom. The second-order valence-corrected chi connectivity index (χ2v) is 7.14. The van der Waals surface area contributed by atoms with Gasteiger partial charge in [-0.05, 0) is 36.9 Å². The van der Waals surface area contributed by atoms with Gasteiger partial charge >= 0.3 is 0 Å². The number of rotatable bonds is 8. The number of carbonyl (C=O) groups is 1. The van der Waals surface area contributed by atoms with Gasteiger partial charge in [0.25, 0.3) is 5.91 Å². The molecule has 0 aliphatic rings. The zero-order valence-electron chi connectivity index (χ0n) is 15.1. The molecule has 8 heteroatoms. The Balaban J connectivity index is 1.70. The van der Waals surface area contributed by atoms with Gasteiger partial charge in [-0.25, -0.2) is 0 Å². The molecule has 2 aromatic heterocycles. The summed E-state index contributed by atoms with van der Waals surface area (Å²) in [5.74, 6) is 1.27. The van der Waals surface area contributed by atoms with Crippen molar-refractivity contribution in [3.05, 3.63) is 52.7 Å². The summed E-state index contributed by atoms with van der Waals surface area (Å²) in [7, 11) is 0. The van der Waals surface area contributed by atoms with Gasteiger partial charge in [0.05, 0.1) is 9.90 Å². The number of benzene rings is 1. The maximum atomic E-state index is 12.9. The number of aromatic nitrogens is 2. The number of thiophene rings is 1. The van der Waals surface area contributed by atoms with Crippen molar-refractivity contribution in [1.82, 2.24) is 15.0 Å². The molecule has 1 amide bonds. The molecule has 0 radical (unpaired) electrons. The lowest BCUT2D eigenvalue weighted by atomic mass is 10.2. The number of halogens is 1. The number of hydrogen-bond donors (Lipinski definition) is 0. The standard InChI is InChI=1S/C19H20ClN3O3S/c1-3-14(25-15-9-6-5-8-13(15)20)19(24)23(4-2)12-17-21-18(22-26-17)16-10-7-11-27-16/h5-11,14H,3-4,12H2,1-2H3/t14-/m1/s1. The van der Waals surface area contributed by atoms with Crippen LogP contribution in [-0.2, 0) is 11.3 Å². The van der Waals surface area contributed by atoms with E-state index in [-0.39, 0.29) is 12.5 Å². The predicted molar refractivity (Wildman–Crippen MR) is 105 cm³/mol. The third kappa shape index (κ3) is 4.67. The summed E-state index contributed by atoms with van der Waals surface area (Å²) >= 11 is 7.68. The quantitative estimate of drug-likeness (QED) is 0.545. The smallest absolute Gasteiger partial charge is 0.264 e. The molecule has 0 unspecified atom stereocenters. The van der Waals surface area contributed by atoms with Crippen LogP contribution in [-0.4, -0.2) is 33.6 Å². The van der Waals surface area contributed by atoms with Crippen LogP contribution >= 0.6 is 22.9 Å². The lowest BCUT2D eigenvalue weighted by Crippen LogP contribution is -2.41. The van der Waals surface area contributed by atoms with Gasteiger partial charge in [-0.3, -0.25) is 4.79 Å². The summed E-state index contributed by atoms with van der Waals surface area (Å²) in [4.78, 5) is 19.9. The minimum atomic E-state index is -0.635. The molecule has 6 nitrogen and oxygen atoms in total. The zero-order chi connectivity index (χ0) is 19.2. The number of likely N-dealkylation sites (N-methyl/N-ethyl adjacent to an activating group) is 1. The molecule has 3 rings (SSSR count). The van der Waals surface area contributed by atoms with E-state index >= 15 is 0 Å². The van der Waals surface area contributed by atoms with Crippen molar-refractivity contribution in [2.45, 2.75) is 32.9 Å². The molecule has 1 aromatic carbocycles. The van der Waals surface area contributed by atoms with Crippen molar-refractivity contribution in [2.75, 3.05) is 6.54 Å². The largest absolute Gasteiger partial charge is 0.479 e. The SMILES string of the molecule is CC[C@@H](Oc1ccccc1Cl)C(=O)N(CC)Cc1nc(-c2cccs2)no1. The van der Waals surface area contributed by atoms with Gasteiger partial charge in [0, 0.05) is 6.54 Å². The van der Waals surface area contributed by atoms with E-state index in [0.717, 1.165) is 4.88 Å². The molecule has 142 valence electrons. The van der Waals surface area contributed by atoms with E-state index < -0.39 is 6.10 Å². The number of hydrogen-bond acceptors (Lipinski definition) is 6. The predicted octanol–water partition coefficient (Wildman–Crippen LogP) is 4.66. The van der Waals surface area contributed by atoms with Crippen LogP contribution in [0.5, 0.6) is 5.75 Å². The van der Waals surface area contributed by atoms with Crippen LogP contribution in [0.2, 0.25) is 5.02 Å². The van der Waals surface area contributed by atoms with Crippen LogP contribution in [0, 0.1) is 0 Å². The fourth-order valence-electron chi connectivity index (χ4n) is 2.54. The van der Waals surface area contributed by atoms with Gasteiger partial charge in [0.2, 0.25) is 11.7 Å². The molecule has 0 spiro atoms. The first-order chi connectivity index (χ1) is 13.1. The summed E-state index contributed by atoms with van der Waals surface area (Å²) in [6.07, 6.45) is -0.116. The molecule has 0 saturated carbocycles. The van der Waals surface area contributed by atoms with Gasteiger partial charge < -0.3 is 14.2 Å². The molecule has 27 heavy (non-hydrogen) atoms. The third-order valence-corrected chi connectivity index (χ3v) is 5.16. The zero-order valence-corrected chi connectivity index (χ0v) is 16.7. The fourth-order valence-corrected chi connectivity index (χ4v) is 3.37. The highest BCUT2D eigenvalue weighted by Crippen LogP contribution is 2.26. The van der Waals surface area contributed by atoms with Crippen LogP contribution < -0.4 is 4.74 Å². The molecule has 0 fully saturated rings. The Morgan fingerprint density at radius 3 is 2.78 bits per heavy atom. The number of ether oxygens (including phenoxy) is 1. The molecule has 0 N–H and O–H groups in total. The number of nitrogens with zero attached hydrogens (tertiary/aromatic N) is 3. The number of para-hydroxylation sites is 1. The monoisotopic (exact) mass is 405 g/mol. The molecule has 2 heterocycles. The third-order valence-electron chi connectivity index (χ3n) is 3.98. The van der Waals surface area contributed by atoms with Gasteiger partial charge in [-0.15, -0.1) is 11.3 Å². The molecule has 1 atom stereocenters. The highest BCUT2D eigenvalue weighted by Gasteiger charge is 2.26. The van der Waals surface area contributed by atoms with Crippen LogP contribution in [0.1, 0.15) is 26.2 Å². The number of amides is 1. The van der Waals surface area contributed by atoms with Crippen molar-refractivity contribution >= 4 is 28.8 Å². The first-order valence-electron chi connectivity index (χ1n) is 8.68.